The molecule has 0 aromatic heterocycles. The largest absolute Gasteiger partial charge is 0.374 e. The fraction of sp³-hybridized carbons (Fsp3) is 0.238. The first-order valence-corrected chi connectivity index (χ1v) is 18.5. The zero-order valence-corrected chi connectivity index (χ0v) is 29.1. The lowest BCUT2D eigenvalue weighted by Gasteiger charge is -2.26. The number of rotatable bonds is 15. The van der Waals surface area contributed by atoms with Crippen LogP contribution >= 0.6 is 0 Å². The van der Waals surface area contributed by atoms with Crippen molar-refractivity contribution in [3.63, 3.8) is 0 Å². The van der Waals surface area contributed by atoms with Crippen LogP contribution in [0.5, 0.6) is 0 Å². The summed E-state index contributed by atoms with van der Waals surface area (Å²) in [5, 5.41) is 0. The van der Waals surface area contributed by atoms with Crippen LogP contribution in [0.1, 0.15) is 43.0 Å². The zero-order chi connectivity index (χ0) is 35.4. The topological polar surface area (TPSA) is 99.2 Å². The monoisotopic (exact) mass is 701 g/mol. The summed E-state index contributed by atoms with van der Waals surface area (Å²) in [5.74, 6) is -1.89. The maximum atomic E-state index is 15.2. The molecule has 0 spiro atoms. The molecule has 0 N–H and O–H groups in total. The average Bonchev–Trinajstić information content (AvgIpc) is 3.76. The first kappa shape index (κ1) is 34.5. The number of benzene rings is 5. The van der Waals surface area contributed by atoms with Crippen LogP contribution in [0.3, 0.4) is 0 Å². The fourth-order valence-electron chi connectivity index (χ4n) is 7.00. The van der Waals surface area contributed by atoms with Crippen molar-refractivity contribution < 1.29 is 32.2 Å². The lowest BCUT2D eigenvalue weighted by Crippen LogP contribution is -2.46. The number of nitrogens with zero attached hydrogens (tertiary/aromatic N) is 1. The van der Waals surface area contributed by atoms with Crippen molar-refractivity contribution in [2.75, 3.05) is 13.2 Å². The molecule has 2 amide bonds. The van der Waals surface area contributed by atoms with Crippen molar-refractivity contribution in [3.05, 3.63) is 173 Å². The third-order valence-corrected chi connectivity index (χ3v) is 12.3. The van der Waals surface area contributed by atoms with E-state index in [0.717, 1.165) is 27.2 Å². The summed E-state index contributed by atoms with van der Waals surface area (Å²) in [5.41, 5.74) is 4.09. The van der Waals surface area contributed by atoms with Gasteiger partial charge >= 0.3 is 0 Å². The van der Waals surface area contributed by atoms with Crippen LogP contribution in [0.2, 0.25) is 0 Å². The van der Waals surface area contributed by atoms with Gasteiger partial charge in [0.1, 0.15) is 4.75 Å². The predicted molar refractivity (Wildman–Crippen MR) is 193 cm³/mol. The van der Waals surface area contributed by atoms with Crippen LogP contribution in [0.25, 0.3) is 0 Å². The molecule has 9 heteroatoms. The van der Waals surface area contributed by atoms with E-state index in [9.17, 15) is 9.59 Å². The fourth-order valence-corrected chi connectivity index (χ4v) is 9.32. The Bertz CT molecular complexity index is 2060. The van der Waals surface area contributed by atoms with Crippen molar-refractivity contribution in [2.45, 2.75) is 48.6 Å². The van der Waals surface area contributed by atoms with Gasteiger partial charge in [-0.1, -0.05) is 121 Å². The van der Waals surface area contributed by atoms with Gasteiger partial charge in [0.25, 0.3) is 11.8 Å². The second kappa shape index (κ2) is 14.7. The highest BCUT2D eigenvalue weighted by Gasteiger charge is 2.77. The van der Waals surface area contributed by atoms with E-state index in [1.165, 1.54) is 0 Å². The standard InChI is InChI=1S/C42H39NO7S/c1-30-21-23-34(24-22-30)51(46,47)42(29-43-40(44)35-19-11-12-20-36(35)41(43)45)38(39(42)50-27-33-17-9-4-10-18-33)37(49-26-32-15-7-3-8-16-32)28-48-25-31-13-5-2-6-14-31/h2-24,37-39H,25-29H2,1H3/t37?,38-,39+,42+/m0/s1. The van der Waals surface area contributed by atoms with Crippen LogP contribution < -0.4 is 0 Å². The van der Waals surface area contributed by atoms with E-state index in [-0.39, 0.29) is 42.4 Å². The number of hydrogen-bond donors (Lipinski definition) is 0. The first-order chi connectivity index (χ1) is 24.8. The van der Waals surface area contributed by atoms with Crippen LogP contribution in [0.15, 0.2) is 144 Å². The normalized spacial score (nSPS) is 20.3. The van der Waals surface area contributed by atoms with E-state index in [0.29, 0.717) is 0 Å². The van der Waals surface area contributed by atoms with Gasteiger partial charge in [0.2, 0.25) is 0 Å². The average molecular weight is 702 g/mol. The molecule has 1 heterocycles. The molecule has 1 saturated carbocycles. The number of imide groups is 1. The number of aryl methyl sites for hydroxylation is 1. The minimum absolute atomic E-state index is 0.0465. The van der Waals surface area contributed by atoms with Gasteiger partial charge < -0.3 is 14.2 Å². The molecule has 1 unspecified atom stereocenters. The third kappa shape index (κ3) is 6.90. The maximum absolute atomic E-state index is 15.2. The van der Waals surface area contributed by atoms with Crippen LogP contribution in [0, 0.1) is 12.8 Å². The van der Waals surface area contributed by atoms with Crippen molar-refractivity contribution in [3.8, 4) is 0 Å². The lowest BCUT2D eigenvalue weighted by atomic mass is 10.1. The summed E-state index contributed by atoms with van der Waals surface area (Å²) in [7, 11) is -4.28. The van der Waals surface area contributed by atoms with Crippen molar-refractivity contribution >= 4 is 21.7 Å². The van der Waals surface area contributed by atoms with E-state index < -0.39 is 51.1 Å². The van der Waals surface area contributed by atoms with Gasteiger partial charge in [0.15, 0.2) is 9.84 Å². The highest BCUT2D eigenvalue weighted by molar-refractivity contribution is 7.93. The summed E-state index contributed by atoms with van der Waals surface area (Å²) < 4.78 is 48.1. The second-order valence-corrected chi connectivity index (χ2v) is 15.3. The van der Waals surface area contributed by atoms with Gasteiger partial charge in [-0.2, -0.15) is 0 Å². The minimum atomic E-state index is -4.28. The number of hydrogen-bond acceptors (Lipinski definition) is 7. The Labute approximate surface area is 298 Å². The summed E-state index contributed by atoms with van der Waals surface area (Å²) in [6.07, 6.45) is -1.74. The highest BCUT2D eigenvalue weighted by Crippen LogP contribution is 2.58. The molecule has 4 atom stereocenters. The Hall–Kier alpha value is -4.93. The van der Waals surface area contributed by atoms with E-state index in [1.807, 2.05) is 97.9 Å². The molecule has 0 saturated heterocycles. The van der Waals surface area contributed by atoms with Crippen LogP contribution in [0.4, 0.5) is 0 Å². The van der Waals surface area contributed by atoms with E-state index in [4.69, 9.17) is 14.2 Å². The molecule has 7 rings (SSSR count). The van der Waals surface area contributed by atoms with Gasteiger partial charge in [0.05, 0.1) is 61.2 Å². The molecule has 1 aliphatic carbocycles. The number of carbonyl (C=O) groups is 2. The minimum Gasteiger partial charge on any atom is -0.374 e. The quantitative estimate of drug-likeness (QED) is 0.111. The molecule has 51 heavy (non-hydrogen) atoms. The molecule has 260 valence electrons. The second-order valence-electron chi connectivity index (χ2n) is 13.1. The van der Waals surface area contributed by atoms with Crippen molar-refractivity contribution in [2.24, 2.45) is 5.92 Å². The molecule has 5 aromatic carbocycles. The zero-order valence-electron chi connectivity index (χ0n) is 28.3. The SMILES string of the molecule is Cc1ccc(S(=O)(=O)[C@@]2(CN3C(=O)c4ccccc4C3=O)[C@H](OCc3ccccc3)[C@@H]2C(COCc2ccccc2)OCc2ccccc2)cc1. The molecule has 0 radical (unpaired) electrons. The smallest absolute Gasteiger partial charge is 0.261 e. The first-order valence-electron chi connectivity index (χ1n) is 17.0. The van der Waals surface area contributed by atoms with Gasteiger partial charge in [-0.15, -0.1) is 0 Å². The van der Waals surface area contributed by atoms with Crippen molar-refractivity contribution in [1.82, 2.24) is 4.90 Å². The highest BCUT2D eigenvalue weighted by atomic mass is 32.2. The Morgan fingerprint density at radius 3 is 1.69 bits per heavy atom. The molecule has 2 aliphatic rings. The molecule has 0 bridgehead atoms. The van der Waals surface area contributed by atoms with E-state index in [1.54, 1.807) is 48.5 Å². The number of fused-ring (bicyclic) bond motifs is 1. The summed E-state index contributed by atoms with van der Waals surface area (Å²) in [4.78, 5) is 28.8. The van der Waals surface area contributed by atoms with Gasteiger partial charge in [0, 0.05) is 5.92 Å². The van der Waals surface area contributed by atoms with Gasteiger partial charge in [-0.3, -0.25) is 14.5 Å². The maximum Gasteiger partial charge on any atom is 0.261 e. The van der Waals surface area contributed by atoms with Crippen molar-refractivity contribution in [1.29, 1.82) is 0 Å². The Morgan fingerprint density at radius 1 is 0.647 bits per heavy atom. The Balaban J connectivity index is 1.31. The summed E-state index contributed by atoms with van der Waals surface area (Å²) >= 11 is 0. The third-order valence-electron chi connectivity index (χ3n) is 9.75. The number of ether oxygens (including phenoxy) is 3. The Kier molecular flexibility index (Phi) is 9.97. The Morgan fingerprint density at radius 2 is 1.14 bits per heavy atom. The van der Waals surface area contributed by atoms with Gasteiger partial charge in [-0.25, -0.2) is 8.42 Å². The van der Waals surface area contributed by atoms with Crippen LogP contribution in [-0.4, -0.2) is 55.2 Å². The van der Waals surface area contributed by atoms with Crippen LogP contribution in [-0.2, 0) is 43.9 Å². The number of sulfone groups is 1. The molecular formula is C42H39NO7S. The molecule has 1 aliphatic heterocycles. The van der Waals surface area contributed by atoms with E-state index >= 15 is 8.42 Å². The van der Waals surface area contributed by atoms with Gasteiger partial charge in [-0.05, 0) is 47.9 Å². The molecule has 5 aromatic rings. The summed E-state index contributed by atoms with van der Waals surface area (Å²) in [6, 6.07) is 42.0. The lowest BCUT2D eigenvalue weighted by molar-refractivity contribution is -0.0522. The number of amides is 2. The molecular weight excluding hydrogens is 663 g/mol. The van der Waals surface area contributed by atoms with E-state index in [2.05, 4.69) is 0 Å². The molecule has 8 nitrogen and oxygen atoms in total. The summed E-state index contributed by atoms with van der Waals surface area (Å²) in [6.45, 7) is 2.11. The number of carbonyl (C=O) groups excluding carboxylic acids is 2. The molecule has 1 fully saturated rings. The predicted octanol–water partition coefficient (Wildman–Crippen LogP) is 6.82.